The number of carbonyl (C=O) groups is 1. The highest BCUT2D eigenvalue weighted by Gasteiger charge is 2.17. The molecule has 0 radical (unpaired) electrons. The zero-order valence-corrected chi connectivity index (χ0v) is 20.8. The van der Waals surface area contributed by atoms with Crippen LogP contribution in [-0.2, 0) is 23.5 Å². The molecule has 2 aromatic rings. The summed E-state index contributed by atoms with van der Waals surface area (Å²) in [4.78, 5) is 16.4. The van der Waals surface area contributed by atoms with Gasteiger partial charge in [0.1, 0.15) is 11.6 Å². The van der Waals surface area contributed by atoms with Gasteiger partial charge in [-0.1, -0.05) is 18.2 Å². The van der Waals surface area contributed by atoms with Crippen molar-refractivity contribution < 1.29 is 13.6 Å². The van der Waals surface area contributed by atoms with E-state index in [-0.39, 0.29) is 35.6 Å². The third-order valence-corrected chi connectivity index (χ3v) is 5.13. The molecule has 0 heterocycles. The topological polar surface area (TPSA) is 79.5 Å². The van der Waals surface area contributed by atoms with E-state index in [0.717, 1.165) is 16.7 Å². The second-order valence-electron chi connectivity index (χ2n) is 6.85. The first-order chi connectivity index (χ1) is 14.4. The Hall–Kier alpha value is -1.88. The van der Waals surface area contributed by atoms with E-state index in [1.807, 2.05) is 13.2 Å². The van der Waals surface area contributed by atoms with Gasteiger partial charge < -0.3 is 16.4 Å². The third-order valence-electron chi connectivity index (χ3n) is 4.53. The minimum Gasteiger partial charge on any atom is -0.369 e. The van der Waals surface area contributed by atoms with Gasteiger partial charge in [0.05, 0.1) is 12.5 Å². The van der Waals surface area contributed by atoms with Gasteiger partial charge in [-0.25, -0.2) is 13.8 Å². The number of aliphatic imine (C=N–C) groups is 1. The van der Waals surface area contributed by atoms with Crippen molar-refractivity contribution in [3.05, 3.63) is 70.8 Å². The first kappa shape index (κ1) is 27.2. The van der Waals surface area contributed by atoms with Crippen LogP contribution < -0.4 is 16.4 Å². The van der Waals surface area contributed by atoms with E-state index in [9.17, 15) is 13.6 Å². The molecule has 0 aliphatic carbocycles. The molecule has 0 aromatic heterocycles. The van der Waals surface area contributed by atoms with Crippen molar-refractivity contribution in [3.8, 4) is 0 Å². The number of nitrogens with one attached hydrogen (secondary N) is 2. The predicted molar refractivity (Wildman–Crippen MR) is 135 cm³/mol. The molecule has 0 aliphatic heterocycles. The normalized spacial score (nSPS) is 12.1. The molecule has 1 unspecified atom stereocenters. The molecule has 0 aliphatic rings. The van der Waals surface area contributed by atoms with E-state index in [1.54, 1.807) is 30.0 Å². The molecule has 0 saturated carbocycles. The lowest BCUT2D eigenvalue weighted by atomic mass is 9.98. The zero-order valence-electron chi connectivity index (χ0n) is 17.7. The van der Waals surface area contributed by atoms with Crippen LogP contribution in [0.5, 0.6) is 0 Å². The summed E-state index contributed by atoms with van der Waals surface area (Å²) in [5.41, 5.74) is 8.24. The summed E-state index contributed by atoms with van der Waals surface area (Å²) in [6.45, 7) is 3.26. The number of hydrogen-bond acceptors (Lipinski definition) is 3. The summed E-state index contributed by atoms with van der Waals surface area (Å²) >= 11 is 1.62. The minimum atomic E-state index is -0.475. The molecule has 170 valence electrons. The first-order valence-electron chi connectivity index (χ1n) is 9.75. The number of guanidine groups is 1. The van der Waals surface area contributed by atoms with Gasteiger partial charge in [0, 0.05) is 18.8 Å². The molecule has 5 nitrogen and oxygen atoms in total. The van der Waals surface area contributed by atoms with Gasteiger partial charge in [0.15, 0.2) is 5.96 Å². The van der Waals surface area contributed by atoms with Crippen molar-refractivity contribution in [1.29, 1.82) is 0 Å². The average molecular weight is 562 g/mol. The lowest BCUT2D eigenvalue weighted by Gasteiger charge is -2.17. The maximum absolute atomic E-state index is 13.5. The molecule has 1 atom stereocenters. The van der Waals surface area contributed by atoms with Crippen LogP contribution in [0.3, 0.4) is 0 Å². The summed E-state index contributed by atoms with van der Waals surface area (Å²) in [5.74, 6) is -0.255. The van der Waals surface area contributed by atoms with Gasteiger partial charge in [0.25, 0.3) is 0 Å². The maximum atomic E-state index is 13.5. The van der Waals surface area contributed by atoms with Crippen molar-refractivity contribution in [2.24, 2.45) is 16.6 Å². The van der Waals surface area contributed by atoms with E-state index >= 15 is 0 Å². The fourth-order valence-electron chi connectivity index (χ4n) is 2.94. The number of amides is 1. The first-order valence-corrected chi connectivity index (χ1v) is 11.1. The SMILES string of the molecule is CCNC(=NCc1ccc(F)cc1CSC)NCC(Cc1ccc(F)cc1)C(N)=O.I. The van der Waals surface area contributed by atoms with Gasteiger partial charge in [-0.2, -0.15) is 11.8 Å². The van der Waals surface area contributed by atoms with Crippen LogP contribution in [0.4, 0.5) is 8.78 Å². The van der Waals surface area contributed by atoms with Gasteiger partial charge in [-0.3, -0.25) is 4.79 Å². The average Bonchev–Trinajstić information content (AvgIpc) is 2.71. The molecular weight excluding hydrogens is 533 g/mol. The Balaban J connectivity index is 0.00000480. The largest absolute Gasteiger partial charge is 0.369 e. The van der Waals surface area contributed by atoms with Crippen molar-refractivity contribution >= 4 is 47.6 Å². The van der Waals surface area contributed by atoms with Gasteiger partial charge in [0.2, 0.25) is 5.91 Å². The molecule has 2 aromatic carbocycles. The maximum Gasteiger partial charge on any atom is 0.222 e. The van der Waals surface area contributed by atoms with Crippen molar-refractivity contribution in [3.63, 3.8) is 0 Å². The number of thioether (sulfide) groups is 1. The molecular formula is C22H29F2IN4OS. The lowest BCUT2D eigenvalue weighted by molar-refractivity contribution is -0.121. The molecule has 31 heavy (non-hydrogen) atoms. The van der Waals surface area contributed by atoms with Crippen LogP contribution in [-0.4, -0.2) is 31.2 Å². The van der Waals surface area contributed by atoms with E-state index in [1.165, 1.54) is 24.3 Å². The Morgan fingerprint density at radius 1 is 1.10 bits per heavy atom. The molecule has 4 N–H and O–H groups in total. The van der Waals surface area contributed by atoms with Crippen LogP contribution in [0.2, 0.25) is 0 Å². The Labute approximate surface area is 203 Å². The summed E-state index contributed by atoms with van der Waals surface area (Å²) < 4.78 is 26.6. The summed E-state index contributed by atoms with van der Waals surface area (Å²) in [6.07, 6.45) is 2.37. The summed E-state index contributed by atoms with van der Waals surface area (Å²) in [7, 11) is 0. The molecule has 1 amide bonds. The Kier molecular flexibility index (Phi) is 12.5. The molecule has 2 rings (SSSR count). The second-order valence-corrected chi connectivity index (χ2v) is 7.72. The number of halogens is 3. The monoisotopic (exact) mass is 562 g/mol. The molecule has 0 fully saturated rings. The number of nitrogens with two attached hydrogens (primary N) is 1. The predicted octanol–water partition coefficient (Wildman–Crippen LogP) is 3.85. The number of rotatable bonds is 10. The van der Waals surface area contributed by atoms with Crippen LogP contribution in [0.1, 0.15) is 23.6 Å². The molecule has 0 spiro atoms. The second kappa shape index (κ2) is 14.2. The number of carbonyl (C=O) groups excluding carboxylic acids is 1. The van der Waals surface area contributed by atoms with Crippen molar-refractivity contribution in [2.45, 2.75) is 25.6 Å². The van der Waals surface area contributed by atoms with E-state index in [4.69, 9.17) is 5.73 Å². The number of hydrogen-bond donors (Lipinski definition) is 3. The number of primary amides is 1. The summed E-state index contributed by atoms with van der Waals surface area (Å²) in [5, 5.41) is 6.29. The number of benzene rings is 2. The third kappa shape index (κ3) is 9.42. The van der Waals surface area contributed by atoms with Gasteiger partial charge in [-0.15, -0.1) is 24.0 Å². The van der Waals surface area contributed by atoms with Gasteiger partial charge in [-0.05, 0) is 60.6 Å². The Morgan fingerprint density at radius 3 is 2.39 bits per heavy atom. The molecule has 9 heteroatoms. The van der Waals surface area contributed by atoms with Crippen LogP contribution in [0.25, 0.3) is 0 Å². The Morgan fingerprint density at radius 2 is 1.77 bits per heavy atom. The fraction of sp³-hybridized carbons (Fsp3) is 0.364. The van der Waals surface area contributed by atoms with E-state index < -0.39 is 11.8 Å². The van der Waals surface area contributed by atoms with Crippen molar-refractivity contribution in [2.75, 3.05) is 19.3 Å². The molecule has 0 bridgehead atoms. The van der Waals surface area contributed by atoms with E-state index in [0.29, 0.717) is 37.8 Å². The highest BCUT2D eigenvalue weighted by Crippen LogP contribution is 2.17. The van der Waals surface area contributed by atoms with Crippen molar-refractivity contribution in [1.82, 2.24) is 10.6 Å². The van der Waals surface area contributed by atoms with Crippen LogP contribution >= 0.6 is 35.7 Å². The highest BCUT2D eigenvalue weighted by atomic mass is 127. The molecule has 0 saturated heterocycles. The van der Waals surface area contributed by atoms with Gasteiger partial charge >= 0.3 is 0 Å². The minimum absolute atomic E-state index is 0. The Bertz CT molecular complexity index is 865. The summed E-state index contributed by atoms with van der Waals surface area (Å²) in [6, 6.07) is 10.7. The smallest absolute Gasteiger partial charge is 0.222 e. The fourth-order valence-corrected chi connectivity index (χ4v) is 3.52. The van der Waals surface area contributed by atoms with Crippen LogP contribution in [0, 0.1) is 17.6 Å². The zero-order chi connectivity index (χ0) is 21.9. The quantitative estimate of drug-likeness (QED) is 0.234. The highest BCUT2D eigenvalue weighted by molar-refractivity contribution is 14.0. The van der Waals surface area contributed by atoms with Crippen LogP contribution in [0.15, 0.2) is 47.5 Å². The lowest BCUT2D eigenvalue weighted by Crippen LogP contribution is -2.43. The standard InChI is InChI=1S/C22H28F2N4OS.HI/c1-3-26-22(27-12-16-6-9-20(24)11-18(16)14-30-2)28-13-17(21(25)29)10-15-4-7-19(23)8-5-15;/h4-9,11,17H,3,10,12-14H2,1-2H3,(H2,25,29)(H2,26,27,28);1H. The number of nitrogens with zero attached hydrogens (tertiary/aromatic N) is 1. The van der Waals surface area contributed by atoms with E-state index in [2.05, 4.69) is 15.6 Å².